The summed E-state index contributed by atoms with van der Waals surface area (Å²) >= 11 is 0. The molecule has 0 atom stereocenters. The summed E-state index contributed by atoms with van der Waals surface area (Å²) in [5.41, 5.74) is 3.82. The molecule has 0 bridgehead atoms. The summed E-state index contributed by atoms with van der Waals surface area (Å²) in [7, 11) is 0. The number of carbonyl (C=O) groups is 1. The summed E-state index contributed by atoms with van der Waals surface area (Å²) < 4.78 is 5.61. The quantitative estimate of drug-likeness (QED) is 0.583. The van der Waals surface area contributed by atoms with Gasteiger partial charge in [-0.05, 0) is 37.5 Å². The molecule has 2 rings (SSSR count). The second-order valence-corrected chi connectivity index (χ2v) is 6.51. The molecule has 2 nitrogen and oxygen atoms in total. The molecule has 0 amide bonds. The molecule has 0 unspecified atom stereocenters. The highest BCUT2D eigenvalue weighted by Crippen LogP contribution is 2.32. The molecule has 0 saturated carbocycles. The molecule has 21 heavy (non-hydrogen) atoms. The SMILES string of the molecule is Cc1ccc(C(=O)Oc2ccc(C)cc2C(C)(C)C)cc1. The summed E-state index contributed by atoms with van der Waals surface area (Å²) in [5.74, 6) is 0.322. The van der Waals surface area contributed by atoms with Gasteiger partial charge in [0.05, 0.1) is 5.56 Å². The average Bonchev–Trinajstić information content (AvgIpc) is 2.40. The number of ether oxygens (including phenoxy) is 1. The Morgan fingerprint density at radius 2 is 1.48 bits per heavy atom. The van der Waals surface area contributed by atoms with Gasteiger partial charge in [-0.15, -0.1) is 0 Å². The maximum atomic E-state index is 12.3. The van der Waals surface area contributed by atoms with Crippen molar-refractivity contribution in [3.05, 3.63) is 64.7 Å². The molecule has 0 radical (unpaired) electrons. The lowest BCUT2D eigenvalue weighted by molar-refractivity contribution is 0.0732. The van der Waals surface area contributed by atoms with Gasteiger partial charge in [-0.25, -0.2) is 4.79 Å². The van der Waals surface area contributed by atoms with Gasteiger partial charge in [0.25, 0.3) is 0 Å². The van der Waals surface area contributed by atoms with Crippen molar-refractivity contribution >= 4 is 5.97 Å². The fraction of sp³-hybridized carbons (Fsp3) is 0.316. The number of hydrogen-bond donors (Lipinski definition) is 0. The Kier molecular flexibility index (Phi) is 4.17. The summed E-state index contributed by atoms with van der Waals surface area (Å²) in [6.45, 7) is 10.4. The largest absolute Gasteiger partial charge is 0.423 e. The Morgan fingerprint density at radius 1 is 0.905 bits per heavy atom. The van der Waals surface area contributed by atoms with Crippen LogP contribution in [-0.2, 0) is 5.41 Å². The minimum atomic E-state index is -0.315. The lowest BCUT2D eigenvalue weighted by atomic mass is 9.85. The highest BCUT2D eigenvalue weighted by atomic mass is 16.5. The summed E-state index contributed by atoms with van der Waals surface area (Å²) in [6, 6.07) is 13.3. The van der Waals surface area contributed by atoms with E-state index in [9.17, 15) is 4.79 Å². The molecular formula is C19H22O2. The van der Waals surface area contributed by atoms with Crippen LogP contribution < -0.4 is 4.74 Å². The molecule has 2 aromatic rings. The number of benzene rings is 2. The van der Waals surface area contributed by atoms with Gasteiger partial charge in [-0.3, -0.25) is 0 Å². The predicted molar refractivity (Wildman–Crippen MR) is 86.0 cm³/mol. The van der Waals surface area contributed by atoms with Crippen LogP contribution in [0.5, 0.6) is 5.75 Å². The van der Waals surface area contributed by atoms with E-state index in [0.717, 1.165) is 16.7 Å². The lowest BCUT2D eigenvalue weighted by Crippen LogP contribution is -2.16. The lowest BCUT2D eigenvalue weighted by Gasteiger charge is -2.22. The number of rotatable bonds is 2. The zero-order chi connectivity index (χ0) is 15.6. The normalized spacial score (nSPS) is 11.3. The van der Waals surface area contributed by atoms with Crippen molar-refractivity contribution in [3.8, 4) is 5.75 Å². The second-order valence-electron chi connectivity index (χ2n) is 6.51. The van der Waals surface area contributed by atoms with Crippen LogP contribution >= 0.6 is 0 Å². The van der Waals surface area contributed by atoms with Crippen LogP contribution in [0, 0.1) is 13.8 Å². The third-order valence-corrected chi connectivity index (χ3v) is 3.43. The van der Waals surface area contributed by atoms with Crippen LogP contribution in [0.15, 0.2) is 42.5 Å². The topological polar surface area (TPSA) is 26.3 Å². The Bertz CT molecular complexity index is 646. The third-order valence-electron chi connectivity index (χ3n) is 3.43. The van der Waals surface area contributed by atoms with Crippen LogP contribution in [0.3, 0.4) is 0 Å². The molecule has 0 spiro atoms. The smallest absolute Gasteiger partial charge is 0.343 e. The number of carbonyl (C=O) groups excluding carboxylic acids is 1. The maximum absolute atomic E-state index is 12.3. The van der Waals surface area contributed by atoms with Gasteiger partial charge in [-0.2, -0.15) is 0 Å². The van der Waals surface area contributed by atoms with Gasteiger partial charge in [-0.1, -0.05) is 56.2 Å². The van der Waals surface area contributed by atoms with Crippen molar-refractivity contribution in [3.63, 3.8) is 0 Å². The second kappa shape index (κ2) is 5.72. The number of esters is 1. The van der Waals surface area contributed by atoms with Gasteiger partial charge in [0, 0.05) is 5.56 Å². The molecule has 2 heteroatoms. The van der Waals surface area contributed by atoms with Crippen LogP contribution in [0.1, 0.15) is 47.8 Å². The number of aryl methyl sites for hydroxylation is 2. The third kappa shape index (κ3) is 3.72. The highest BCUT2D eigenvalue weighted by Gasteiger charge is 2.21. The van der Waals surface area contributed by atoms with Crippen LogP contribution in [-0.4, -0.2) is 5.97 Å². The van der Waals surface area contributed by atoms with E-state index in [4.69, 9.17) is 4.74 Å². The molecule has 0 aliphatic heterocycles. The van der Waals surface area contributed by atoms with Gasteiger partial charge in [0.15, 0.2) is 0 Å². The van der Waals surface area contributed by atoms with Crippen LogP contribution in [0.4, 0.5) is 0 Å². The minimum absolute atomic E-state index is 0.0745. The molecule has 2 aromatic carbocycles. The molecule has 0 aliphatic rings. The van der Waals surface area contributed by atoms with Crippen molar-refractivity contribution in [2.45, 2.75) is 40.0 Å². The fourth-order valence-corrected chi connectivity index (χ4v) is 2.17. The van der Waals surface area contributed by atoms with Crippen molar-refractivity contribution in [2.24, 2.45) is 0 Å². The summed E-state index contributed by atoms with van der Waals surface area (Å²) in [4.78, 5) is 12.3. The Morgan fingerprint density at radius 3 is 2.05 bits per heavy atom. The first-order valence-corrected chi connectivity index (χ1v) is 7.17. The van der Waals surface area contributed by atoms with E-state index >= 15 is 0 Å². The van der Waals surface area contributed by atoms with Crippen molar-refractivity contribution in [1.82, 2.24) is 0 Å². The van der Waals surface area contributed by atoms with Crippen LogP contribution in [0.25, 0.3) is 0 Å². The van der Waals surface area contributed by atoms with Gasteiger partial charge < -0.3 is 4.74 Å². The van der Waals surface area contributed by atoms with Gasteiger partial charge in [0.2, 0.25) is 0 Å². The first kappa shape index (κ1) is 15.3. The van der Waals surface area contributed by atoms with Crippen LogP contribution in [0.2, 0.25) is 0 Å². The van der Waals surface area contributed by atoms with Crippen molar-refractivity contribution in [1.29, 1.82) is 0 Å². The van der Waals surface area contributed by atoms with E-state index in [1.807, 2.05) is 38.1 Å². The van der Waals surface area contributed by atoms with Crippen molar-refractivity contribution in [2.75, 3.05) is 0 Å². The molecule has 0 aromatic heterocycles. The van der Waals surface area contributed by atoms with Crippen molar-refractivity contribution < 1.29 is 9.53 Å². The van der Waals surface area contributed by atoms with E-state index in [0.29, 0.717) is 11.3 Å². The number of hydrogen-bond acceptors (Lipinski definition) is 2. The predicted octanol–water partition coefficient (Wildman–Crippen LogP) is 4.82. The van der Waals surface area contributed by atoms with Gasteiger partial charge in [0.1, 0.15) is 5.75 Å². The monoisotopic (exact) mass is 282 g/mol. The molecule has 110 valence electrons. The molecule has 0 fully saturated rings. The van der Waals surface area contributed by atoms with E-state index in [1.54, 1.807) is 12.1 Å². The summed E-state index contributed by atoms with van der Waals surface area (Å²) in [6.07, 6.45) is 0. The maximum Gasteiger partial charge on any atom is 0.343 e. The minimum Gasteiger partial charge on any atom is -0.423 e. The first-order chi connectivity index (χ1) is 9.77. The summed E-state index contributed by atoms with van der Waals surface area (Å²) in [5, 5.41) is 0. The van der Waals surface area contributed by atoms with E-state index in [-0.39, 0.29) is 11.4 Å². The molecule has 0 heterocycles. The Labute approximate surface area is 126 Å². The zero-order valence-corrected chi connectivity index (χ0v) is 13.4. The standard InChI is InChI=1S/C19H22O2/c1-13-6-9-15(10-7-13)18(20)21-17-11-8-14(2)12-16(17)19(3,4)5/h6-12H,1-5H3. The van der Waals surface area contributed by atoms with E-state index < -0.39 is 0 Å². The molecule has 0 N–H and O–H groups in total. The highest BCUT2D eigenvalue weighted by molar-refractivity contribution is 5.91. The Balaban J connectivity index is 2.31. The fourth-order valence-electron chi connectivity index (χ4n) is 2.17. The molecule has 0 aliphatic carbocycles. The molecule has 0 saturated heterocycles. The van der Waals surface area contributed by atoms with E-state index in [1.165, 1.54) is 0 Å². The van der Waals surface area contributed by atoms with E-state index in [2.05, 4.69) is 26.8 Å². The van der Waals surface area contributed by atoms with Gasteiger partial charge >= 0.3 is 5.97 Å². The molecular weight excluding hydrogens is 260 g/mol. The zero-order valence-electron chi connectivity index (χ0n) is 13.4. The average molecular weight is 282 g/mol. The Hall–Kier alpha value is -2.09. The first-order valence-electron chi connectivity index (χ1n) is 7.17.